The Bertz CT molecular complexity index is 1230. The smallest absolute Gasteiger partial charge is 0.462 e. The van der Waals surface area contributed by atoms with Gasteiger partial charge in [-0.2, -0.15) is 0 Å². The Labute approximate surface area is 373 Å². The number of hydrogen-bond donors (Lipinski definition) is 2. The predicted octanol–water partition coefficient (Wildman–Crippen LogP) is 14.6. The molecule has 3 N–H and O–H groups in total. The van der Waals surface area contributed by atoms with Crippen LogP contribution in [-0.2, 0) is 32.7 Å². The highest BCUT2D eigenvalue weighted by atomic mass is 31.2. The van der Waals surface area contributed by atoms with Crippen molar-refractivity contribution in [3.8, 4) is 0 Å². The van der Waals surface area contributed by atoms with Crippen LogP contribution >= 0.6 is 7.82 Å². The maximum Gasteiger partial charge on any atom is 0.472 e. The second-order valence-electron chi connectivity index (χ2n) is 15.9. The first-order valence-corrected chi connectivity index (χ1v) is 25.9. The van der Waals surface area contributed by atoms with Crippen LogP contribution in [0.2, 0.25) is 0 Å². The third-order valence-electron chi connectivity index (χ3n) is 10.1. The molecule has 0 bridgehead atoms. The number of allylic oxidation sites excluding steroid dienone is 12. The largest absolute Gasteiger partial charge is 0.472 e. The van der Waals surface area contributed by atoms with Gasteiger partial charge in [0.2, 0.25) is 0 Å². The zero-order chi connectivity index (χ0) is 44.6. The number of phosphoric ester groups is 1. The molecular formula is C51H90NO8P. The van der Waals surface area contributed by atoms with Crippen LogP contribution in [0.25, 0.3) is 0 Å². The van der Waals surface area contributed by atoms with Crippen molar-refractivity contribution in [3.05, 3.63) is 72.9 Å². The van der Waals surface area contributed by atoms with Gasteiger partial charge in [-0.05, 0) is 83.5 Å². The average Bonchev–Trinajstić information content (AvgIpc) is 3.25. The highest BCUT2D eigenvalue weighted by molar-refractivity contribution is 7.47. The number of esters is 2. The molecule has 0 saturated heterocycles. The Balaban J connectivity index is 4.11. The first-order chi connectivity index (χ1) is 29.8. The number of hydrogen-bond acceptors (Lipinski definition) is 8. The number of rotatable bonds is 45. The molecule has 0 aromatic heterocycles. The number of phosphoric acid groups is 1. The zero-order valence-electron chi connectivity index (χ0n) is 38.9. The number of nitrogens with two attached hydrogens (primary N) is 1. The highest BCUT2D eigenvalue weighted by Gasteiger charge is 2.26. The Hall–Kier alpha value is -2.55. The van der Waals surface area contributed by atoms with E-state index in [4.69, 9.17) is 24.3 Å². The Kier molecular flexibility index (Phi) is 45.0. The zero-order valence-corrected chi connectivity index (χ0v) is 39.8. The molecule has 61 heavy (non-hydrogen) atoms. The predicted molar refractivity (Wildman–Crippen MR) is 256 cm³/mol. The van der Waals surface area contributed by atoms with Crippen LogP contribution in [0.4, 0.5) is 0 Å². The van der Waals surface area contributed by atoms with Gasteiger partial charge in [-0.1, -0.05) is 183 Å². The summed E-state index contributed by atoms with van der Waals surface area (Å²) in [7, 11) is -4.39. The summed E-state index contributed by atoms with van der Waals surface area (Å²) in [6.45, 7) is 3.59. The number of carbonyl (C=O) groups is 2. The third-order valence-corrected chi connectivity index (χ3v) is 11.1. The minimum atomic E-state index is -4.39. The molecule has 0 rings (SSSR count). The summed E-state index contributed by atoms with van der Waals surface area (Å²) in [6, 6.07) is 0. The van der Waals surface area contributed by atoms with Gasteiger partial charge in [-0.25, -0.2) is 4.57 Å². The van der Waals surface area contributed by atoms with Gasteiger partial charge in [-0.15, -0.1) is 0 Å². The maximum atomic E-state index is 12.6. The second kappa shape index (κ2) is 46.9. The molecule has 0 aliphatic carbocycles. The van der Waals surface area contributed by atoms with E-state index in [1.165, 1.54) is 83.5 Å². The van der Waals surface area contributed by atoms with Crippen LogP contribution in [0.5, 0.6) is 0 Å². The van der Waals surface area contributed by atoms with E-state index in [0.717, 1.165) is 89.9 Å². The van der Waals surface area contributed by atoms with Gasteiger partial charge in [0, 0.05) is 19.4 Å². The molecule has 0 fully saturated rings. The van der Waals surface area contributed by atoms with E-state index in [9.17, 15) is 19.0 Å². The Morgan fingerprint density at radius 2 is 0.902 bits per heavy atom. The average molecular weight is 876 g/mol. The molecule has 0 aliphatic heterocycles. The van der Waals surface area contributed by atoms with Crippen LogP contribution in [0, 0.1) is 0 Å². The van der Waals surface area contributed by atoms with Crippen molar-refractivity contribution in [2.24, 2.45) is 5.73 Å². The van der Waals surface area contributed by atoms with Gasteiger partial charge < -0.3 is 20.1 Å². The Morgan fingerprint density at radius 3 is 1.34 bits per heavy atom. The van der Waals surface area contributed by atoms with Gasteiger partial charge >= 0.3 is 19.8 Å². The molecule has 9 nitrogen and oxygen atoms in total. The van der Waals surface area contributed by atoms with Crippen LogP contribution in [0.1, 0.15) is 206 Å². The van der Waals surface area contributed by atoms with Gasteiger partial charge in [0.1, 0.15) is 6.61 Å². The van der Waals surface area contributed by atoms with Gasteiger partial charge in [0.15, 0.2) is 6.10 Å². The van der Waals surface area contributed by atoms with E-state index in [1.54, 1.807) is 0 Å². The normalized spacial score (nSPS) is 13.8. The SMILES string of the molecule is CC/C=C\C/C=C\C/C=C\C/C=C\CCCCCCCCCCC(=O)OC(COC(=O)CCCCCCCCCCC/C=C\C/C=C\CCCCC)COP(=O)(O)OCCN. The molecule has 0 saturated carbocycles. The lowest BCUT2D eigenvalue weighted by molar-refractivity contribution is -0.161. The van der Waals surface area contributed by atoms with E-state index in [2.05, 4.69) is 86.8 Å². The third kappa shape index (κ3) is 46.8. The topological polar surface area (TPSA) is 134 Å². The molecule has 0 aromatic rings. The van der Waals surface area contributed by atoms with Crippen LogP contribution < -0.4 is 5.73 Å². The monoisotopic (exact) mass is 876 g/mol. The van der Waals surface area contributed by atoms with Crippen LogP contribution in [-0.4, -0.2) is 49.3 Å². The lowest BCUT2D eigenvalue weighted by Gasteiger charge is -2.19. The standard InChI is InChI=1S/C51H90NO8P/c1-3-5-7-9-11-13-15-17-19-21-23-24-26-28-30-32-34-36-38-40-42-44-51(54)60-49(48-59-61(55,56)58-46-45-52)47-57-50(53)43-41-39-37-35-33-31-29-27-25-22-20-18-16-14-12-10-8-6-4-2/h5,7,11-14,17-20,23-24,49H,3-4,6,8-10,15-16,21-22,25-48,52H2,1-2H3,(H,55,56)/b7-5-,13-11-,14-12-,19-17-,20-18-,24-23-. The van der Waals surface area contributed by atoms with Crippen molar-refractivity contribution in [2.75, 3.05) is 26.4 Å². The summed E-state index contributed by atoms with van der Waals surface area (Å²) in [5.74, 6) is -0.844. The van der Waals surface area contributed by atoms with E-state index < -0.39 is 26.5 Å². The molecule has 0 aromatic carbocycles. The number of carbonyl (C=O) groups excluding carboxylic acids is 2. The van der Waals surface area contributed by atoms with Crippen molar-refractivity contribution in [3.63, 3.8) is 0 Å². The first-order valence-electron chi connectivity index (χ1n) is 24.4. The van der Waals surface area contributed by atoms with Gasteiger partial charge in [0.25, 0.3) is 0 Å². The van der Waals surface area contributed by atoms with Crippen molar-refractivity contribution in [1.29, 1.82) is 0 Å². The van der Waals surface area contributed by atoms with Crippen LogP contribution in [0.3, 0.4) is 0 Å². The molecule has 0 amide bonds. The molecule has 2 unspecified atom stereocenters. The van der Waals surface area contributed by atoms with E-state index in [1.807, 2.05) is 0 Å². The lowest BCUT2D eigenvalue weighted by atomic mass is 10.1. The lowest BCUT2D eigenvalue weighted by Crippen LogP contribution is -2.29. The molecule has 2 atom stereocenters. The molecule has 0 heterocycles. The van der Waals surface area contributed by atoms with Crippen molar-refractivity contribution in [2.45, 2.75) is 213 Å². The molecule has 0 spiro atoms. The van der Waals surface area contributed by atoms with Crippen molar-refractivity contribution < 1.29 is 37.6 Å². The number of unbranched alkanes of at least 4 members (excludes halogenated alkanes) is 20. The van der Waals surface area contributed by atoms with Gasteiger partial charge in [0.05, 0.1) is 13.2 Å². The summed E-state index contributed by atoms with van der Waals surface area (Å²) >= 11 is 0. The Morgan fingerprint density at radius 1 is 0.508 bits per heavy atom. The van der Waals surface area contributed by atoms with E-state index >= 15 is 0 Å². The minimum Gasteiger partial charge on any atom is -0.462 e. The van der Waals surface area contributed by atoms with E-state index in [0.29, 0.717) is 6.42 Å². The summed E-state index contributed by atoms with van der Waals surface area (Å²) in [4.78, 5) is 35.0. The number of ether oxygens (including phenoxy) is 2. The van der Waals surface area contributed by atoms with Gasteiger partial charge in [-0.3, -0.25) is 18.6 Å². The molecule has 10 heteroatoms. The molecule has 0 radical (unpaired) electrons. The highest BCUT2D eigenvalue weighted by Crippen LogP contribution is 2.43. The minimum absolute atomic E-state index is 0.0482. The summed E-state index contributed by atoms with van der Waals surface area (Å²) in [6.07, 6.45) is 57.8. The maximum absolute atomic E-state index is 12.6. The van der Waals surface area contributed by atoms with E-state index in [-0.39, 0.29) is 38.6 Å². The quantitative estimate of drug-likeness (QED) is 0.0265. The molecular weight excluding hydrogens is 786 g/mol. The molecule has 352 valence electrons. The molecule has 0 aliphatic rings. The summed E-state index contributed by atoms with van der Waals surface area (Å²) in [5.41, 5.74) is 5.36. The fourth-order valence-corrected chi connectivity index (χ4v) is 7.24. The summed E-state index contributed by atoms with van der Waals surface area (Å²) < 4.78 is 32.9. The van der Waals surface area contributed by atoms with Crippen LogP contribution in [0.15, 0.2) is 72.9 Å². The van der Waals surface area contributed by atoms with Crippen molar-refractivity contribution >= 4 is 19.8 Å². The fourth-order valence-electron chi connectivity index (χ4n) is 6.48. The summed E-state index contributed by atoms with van der Waals surface area (Å²) in [5, 5.41) is 0. The second-order valence-corrected chi connectivity index (χ2v) is 17.4. The first kappa shape index (κ1) is 58.5. The van der Waals surface area contributed by atoms with Crippen molar-refractivity contribution in [1.82, 2.24) is 0 Å². The fraction of sp³-hybridized carbons (Fsp3) is 0.725.